The second-order valence-electron chi connectivity index (χ2n) is 4.03. The molecule has 2 aromatic heterocycles. The number of aliphatic hydroxyl groups excluding tert-OH is 1. The molecule has 0 bridgehead atoms. The SMILES string of the molecule is CC(CCO)NC(=O)c1cc(-c2cccs2)[nH]n1. The second-order valence-corrected chi connectivity index (χ2v) is 4.98. The van der Waals surface area contributed by atoms with Crippen LogP contribution >= 0.6 is 11.3 Å². The monoisotopic (exact) mass is 265 g/mol. The lowest BCUT2D eigenvalue weighted by Gasteiger charge is -2.10. The van der Waals surface area contributed by atoms with Gasteiger partial charge in [0.05, 0.1) is 10.6 Å². The Morgan fingerprint density at radius 2 is 2.50 bits per heavy atom. The molecule has 1 atom stereocenters. The summed E-state index contributed by atoms with van der Waals surface area (Å²) in [5.74, 6) is -0.227. The first kappa shape index (κ1) is 12.8. The van der Waals surface area contributed by atoms with Gasteiger partial charge in [0, 0.05) is 12.6 Å². The summed E-state index contributed by atoms with van der Waals surface area (Å²) in [6.45, 7) is 1.91. The Kier molecular flexibility index (Phi) is 4.11. The van der Waals surface area contributed by atoms with Crippen LogP contribution in [0, 0.1) is 0 Å². The smallest absolute Gasteiger partial charge is 0.271 e. The van der Waals surface area contributed by atoms with E-state index in [1.54, 1.807) is 17.4 Å². The van der Waals surface area contributed by atoms with Gasteiger partial charge >= 0.3 is 0 Å². The molecular weight excluding hydrogens is 250 g/mol. The first-order chi connectivity index (χ1) is 8.70. The zero-order chi connectivity index (χ0) is 13.0. The molecule has 0 saturated heterocycles. The van der Waals surface area contributed by atoms with E-state index in [2.05, 4.69) is 15.5 Å². The van der Waals surface area contributed by atoms with Crippen molar-refractivity contribution in [2.45, 2.75) is 19.4 Å². The highest BCUT2D eigenvalue weighted by molar-refractivity contribution is 7.13. The fourth-order valence-corrected chi connectivity index (χ4v) is 2.25. The molecule has 18 heavy (non-hydrogen) atoms. The largest absolute Gasteiger partial charge is 0.396 e. The Balaban J connectivity index is 2.04. The number of hydrogen-bond acceptors (Lipinski definition) is 4. The highest BCUT2D eigenvalue weighted by Gasteiger charge is 2.13. The van der Waals surface area contributed by atoms with E-state index in [0.29, 0.717) is 12.1 Å². The Hall–Kier alpha value is -1.66. The molecule has 3 N–H and O–H groups in total. The molecule has 0 spiro atoms. The number of aromatic nitrogens is 2. The van der Waals surface area contributed by atoms with Gasteiger partial charge in [-0.2, -0.15) is 5.10 Å². The molecule has 0 saturated carbocycles. The molecule has 96 valence electrons. The average molecular weight is 265 g/mol. The fourth-order valence-electron chi connectivity index (χ4n) is 1.56. The molecule has 2 aromatic rings. The number of carbonyl (C=O) groups excluding carboxylic acids is 1. The van der Waals surface area contributed by atoms with E-state index in [4.69, 9.17) is 5.11 Å². The Morgan fingerprint density at radius 3 is 3.17 bits per heavy atom. The van der Waals surface area contributed by atoms with Gasteiger partial charge in [-0.05, 0) is 30.9 Å². The molecular formula is C12H15N3O2S. The van der Waals surface area contributed by atoms with Crippen molar-refractivity contribution < 1.29 is 9.90 Å². The zero-order valence-corrected chi connectivity index (χ0v) is 10.8. The number of nitrogens with zero attached hydrogens (tertiary/aromatic N) is 1. The Morgan fingerprint density at radius 1 is 1.67 bits per heavy atom. The summed E-state index contributed by atoms with van der Waals surface area (Å²) in [4.78, 5) is 12.9. The van der Waals surface area contributed by atoms with E-state index in [-0.39, 0.29) is 18.6 Å². The number of carbonyl (C=O) groups is 1. The third kappa shape index (κ3) is 2.96. The van der Waals surface area contributed by atoms with Crippen molar-refractivity contribution in [3.8, 4) is 10.6 Å². The topological polar surface area (TPSA) is 78.0 Å². The normalized spacial score (nSPS) is 12.3. The van der Waals surface area contributed by atoms with Crippen LogP contribution in [0.15, 0.2) is 23.6 Å². The summed E-state index contributed by atoms with van der Waals surface area (Å²) in [6, 6.07) is 5.58. The summed E-state index contributed by atoms with van der Waals surface area (Å²) in [5.41, 5.74) is 1.20. The predicted molar refractivity (Wildman–Crippen MR) is 70.5 cm³/mol. The number of aromatic amines is 1. The number of H-pyrrole nitrogens is 1. The molecule has 6 heteroatoms. The maximum absolute atomic E-state index is 11.8. The standard InChI is InChI=1S/C12H15N3O2S/c1-8(4-5-16)13-12(17)10-7-9(14-15-10)11-3-2-6-18-11/h2-3,6-8,16H,4-5H2,1H3,(H,13,17)(H,14,15). The molecule has 5 nitrogen and oxygen atoms in total. The van der Waals surface area contributed by atoms with Gasteiger partial charge in [0.1, 0.15) is 0 Å². The van der Waals surface area contributed by atoms with E-state index in [1.807, 2.05) is 24.4 Å². The maximum Gasteiger partial charge on any atom is 0.271 e. The first-order valence-corrected chi connectivity index (χ1v) is 6.59. The lowest BCUT2D eigenvalue weighted by molar-refractivity contribution is 0.0929. The first-order valence-electron chi connectivity index (χ1n) is 5.71. The highest BCUT2D eigenvalue weighted by Crippen LogP contribution is 2.22. The van der Waals surface area contributed by atoms with Crippen LogP contribution < -0.4 is 5.32 Å². The third-order valence-electron chi connectivity index (χ3n) is 2.54. The van der Waals surface area contributed by atoms with E-state index in [9.17, 15) is 4.79 Å². The van der Waals surface area contributed by atoms with Crippen LogP contribution in [0.2, 0.25) is 0 Å². The Labute approximate surface area is 109 Å². The molecule has 2 heterocycles. The highest BCUT2D eigenvalue weighted by atomic mass is 32.1. The number of thiophene rings is 1. The summed E-state index contributed by atoms with van der Waals surface area (Å²) in [7, 11) is 0. The molecule has 0 fully saturated rings. The molecule has 2 rings (SSSR count). The van der Waals surface area contributed by atoms with Crippen molar-refractivity contribution in [2.24, 2.45) is 0 Å². The van der Waals surface area contributed by atoms with Crippen molar-refractivity contribution in [1.82, 2.24) is 15.5 Å². The minimum atomic E-state index is -0.227. The molecule has 0 radical (unpaired) electrons. The van der Waals surface area contributed by atoms with Crippen LogP contribution in [-0.4, -0.2) is 33.9 Å². The van der Waals surface area contributed by atoms with Crippen molar-refractivity contribution in [2.75, 3.05) is 6.61 Å². The number of rotatable bonds is 5. The van der Waals surface area contributed by atoms with Gasteiger partial charge in [0.2, 0.25) is 0 Å². The van der Waals surface area contributed by atoms with Gasteiger partial charge < -0.3 is 10.4 Å². The van der Waals surface area contributed by atoms with Gasteiger partial charge in [-0.1, -0.05) is 6.07 Å². The second kappa shape index (κ2) is 5.79. The third-order valence-corrected chi connectivity index (χ3v) is 3.44. The molecule has 1 amide bonds. The number of nitrogens with one attached hydrogen (secondary N) is 2. The minimum Gasteiger partial charge on any atom is -0.396 e. The van der Waals surface area contributed by atoms with Crippen molar-refractivity contribution in [3.63, 3.8) is 0 Å². The van der Waals surface area contributed by atoms with E-state index < -0.39 is 0 Å². The molecule has 0 aliphatic rings. The lowest BCUT2D eigenvalue weighted by Crippen LogP contribution is -2.33. The quantitative estimate of drug-likeness (QED) is 0.769. The zero-order valence-electron chi connectivity index (χ0n) is 10.0. The van der Waals surface area contributed by atoms with Crippen LogP contribution in [0.5, 0.6) is 0 Å². The average Bonchev–Trinajstić information content (AvgIpc) is 3.00. The summed E-state index contributed by atoms with van der Waals surface area (Å²) in [5, 5.41) is 20.4. The van der Waals surface area contributed by atoms with Gasteiger partial charge in [-0.25, -0.2) is 0 Å². The predicted octanol–water partition coefficient (Wildman–Crippen LogP) is 1.64. The van der Waals surface area contributed by atoms with Gasteiger partial charge in [-0.15, -0.1) is 11.3 Å². The van der Waals surface area contributed by atoms with E-state index in [1.165, 1.54) is 0 Å². The van der Waals surface area contributed by atoms with Crippen LogP contribution in [-0.2, 0) is 0 Å². The van der Waals surface area contributed by atoms with Gasteiger partial charge in [0.25, 0.3) is 5.91 Å². The number of hydrogen-bond donors (Lipinski definition) is 3. The fraction of sp³-hybridized carbons (Fsp3) is 0.333. The van der Waals surface area contributed by atoms with E-state index >= 15 is 0 Å². The lowest BCUT2D eigenvalue weighted by atomic mass is 10.2. The van der Waals surface area contributed by atoms with E-state index in [0.717, 1.165) is 10.6 Å². The van der Waals surface area contributed by atoms with Crippen molar-refractivity contribution in [1.29, 1.82) is 0 Å². The van der Waals surface area contributed by atoms with Crippen molar-refractivity contribution in [3.05, 3.63) is 29.3 Å². The number of aliphatic hydroxyl groups is 1. The van der Waals surface area contributed by atoms with Crippen LogP contribution in [0.25, 0.3) is 10.6 Å². The van der Waals surface area contributed by atoms with Gasteiger partial charge in [-0.3, -0.25) is 9.89 Å². The summed E-state index contributed by atoms with van der Waals surface area (Å²) < 4.78 is 0. The molecule has 0 aliphatic heterocycles. The summed E-state index contributed by atoms with van der Waals surface area (Å²) in [6.07, 6.45) is 0.536. The van der Waals surface area contributed by atoms with Crippen LogP contribution in [0.1, 0.15) is 23.8 Å². The molecule has 1 unspecified atom stereocenters. The number of amides is 1. The molecule has 0 aliphatic carbocycles. The van der Waals surface area contributed by atoms with Crippen LogP contribution in [0.3, 0.4) is 0 Å². The summed E-state index contributed by atoms with van der Waals surface area (Å²) >= 11 is 1.59. The minimum absolute atomic E-state index is 0.0580. The van der Waals surface area contributed by atoms with Crippen LogP contribution in [0.4, 0.5) is 0 Å². The Bertz CT molecular complexity index is 507. The maximum atomic E-state index is 11.8. The van der Waals surface area contributed by atoms with Gasteiger partial charge in [0.15, 0.2) is 5.69 Å². The molecule has 0 aromatic carbocycles. The van der Waals surface area contributed by atoms with Crippen molar-refractivity contribution >= 4 is 17.2 Å².